The van der Waals surface area contributed by atoms with Gasteiger partial charge in [0, 0.05) is 50.0 Å². The highest BCUT2D eigenvalue weighted by molar-refractivity contribution is 5.80. The monoisotopic (exact) mass is 349 g/mol. The van der Waals surface area contributed by atoms with Gasteiger partial charge >= 0.3 is 0 Å². The van der Waals surface area contributed by atoms with Crippen molar-refractivity contribution < 1.29 is 4.79 Å². The molecule has 1 saturated heterocycles. The van der Waals surface area contributed by atoms with Gasteiger partial charge in [-0.3, -0.25) is 4.79 Å². The number of nitrogens with zero attached hydrogens (tertiary/aromatic N) is 4. The summed E-state index contributed by atoms with van der Waals surface area (Å²) in [5.74, 6) is 1.04. The number of anilines is 1. The van der Waals surface area contributed by atoms with Crippen molar-refractivity contribution in [1.29, 1.82) is 0 Å². The lowest BCUT2D eigenvalue weighted by atomic mass is 10.0. The zero-order chi connectivity index (χ0) is 17.8. The molecule has 1 fully saturated rings. The van der Waals surface area contributed by atoms with Crippen molar-refractivity contribution in [1.82, 2.24) is 19.7 Å². The molecule has 0 atom stereocenters. The molecule has 0 unspecified atom stereocenters. The quantitative estimate of drug-likeness (QED) is 0.769. The number of nitrogens with one attached hydrogen (secondary N) is 1. The van der Waals surface area contributed by atoms with Gasteiger partial charge in [-0.2, -0.15) is 5.10 Å². The van der Waals surface area contributed by atoms with Crippen molar-refractivity contribution in [3.63, 3.8) is 0 Å². The number of benzene rings is 1. The number of fused-ring (bicyclic) bond motifs is 1. The molecular weight excluding hydrogens is 326 g/mol. The fourth-order valence-electron chi connectivity index (χ4n) is 3.57. The number of para-hydroxylation sites is 1. The van der Waals surface area contributed by atoms with Crippen LogP contribution in [0.1, 0.15) is 19.3 Å². The summed E-state index contributed by atoms with van der Waals surface area (Å²) in [5, 5.41) is 12.6. The second-order valence-electron chi connectivity index (χ2n) is 6.73. The fraction of sp³-hybridized carbons (Fsp3) is 0.350. The average Bonchev–Trinajstić information content (AvgIpc) is 3.11. The molecule has 6 heteroatoms. The number of aromatic nitrogens is 3. The van der Waals surface area contributed by atoms with E-state index in [1.807, 2.05) is 29.2 Å². The van der Waals surface area contributed by atoms with Crippen molar-refractivity contribution >= 4 is 22.6 Å². The summed E-state index contributed by atoms with van der Waals surface area (Å²) < 4.78 is 2.16. The SMILES string of the molecule is O=C(CCn1ccc2ccccc21)N1CCC(Nc2cccnn2)CC1. The smallest absolute Gasteiger partial charge is 0.224 e. The first-order chi connectivity index (χ1) is 12.8. The molecular formula is C20H23N5O. The Labute approximate surface area is 152 Å². The maximum atomic E-state index is 12.6. The van der Waals surface area contributed by atoms with E-state index >= 15 is 0 Å². The zero-order valence-corrected chi connectivity index (χ0v) is 14.7. The molecule has 3 heterocycles. The van der Waals surface area contributed by atoms with Crippen LogP contribution in [0, 0.1) is 0 Å². The summed E-state index contributed by atoms with van der Waals surface area (Å²) >= 11 is 0. The number of carbonyl (C=O) groups excluding carboxylic acids is 1. The number of hydrogen-bond acceptors (Lipinski definition) is 4. The summed E-state index contributed by atoms with van der Waals surface area (Å²) in [4.78, 5) is 14.6. The molecule has 0 radical (unpaired) electrons. The predicted molar refractivity (Wildman–Crippen MR) is 102 cm³/mol. The maximum absolute atomic E-state index is 12.6. The van der Waals surface area contributed by atoms with Crippen molar-refractivity contribution in [2.45, 2.75) is 31.8 Å². The molecule has 1 aliphatic heterocycles. The molecule has 134 valence electrons. The van der Waals surface area contributed by atoms with E-state index in [-0.39, 0.29) is 5.91 Å². The first-order valence-electron chi connectivity index (χ1n) is 9.15. The molecule has 3 aromatic rings. The van der Waals surface area contributed by atoms with Crippen molar-refractivity contribution in [2.75, 3.05) is 18.4 Å². The Morgan fingerprint density at radius 1 is 1.12 bits per heavy atom. The van der Waals surface area contributed by atoms with Crippen LogP contribution in [0.15, 0.2) is 54.9 Å². The first kappa shape index (κ1) is 16.6. The highest BCUT2D eigenvalue weighted by atomic mass is 16.2. The van der Waals surface area contributed by atoms with Crippen LogP contribution in [0.25, 0.3) is 10.9 Å². The van der Waals surface area contributed by atoms with Crippen LogP contribution in [0.3, 0.4) is 0 Å². The molecule has 1 amide bonds. The Bertz CT molecular complexity index is 868. The van der Waals surface area contributed by atoms with E-state index in [2.05, 4.69) is 44.5 Å². The highest BCUT2D eigenvalue weighted by Crippen LogP contribution is 2.18. The lowest BCUT2D eigenvalue weighted by molar-refractivity contribution is -0.132. The van der Waals surface area contributed by atoms with Gasteiger partial charge in [0.2, 0.25) is 5.91 Å². The largest absolute Gasteiger partial charge is 0.366 e. The Morgan fingerprint density at radius 2 is 1.96 bits per heavy atom. The van der Waals surface area contributed by atoms with E-state index in [1.165, 1.54) is 10.9 Å². The van der Waals surface area contributed by atoms with E-state index in [4.69, 9.17) is 0 Å². The summed E-state index contributed by atoms with van der Waals surface area (Å²) in [6.07, 6.45) is 6.15. The normalized spacial score (nSPS) is 15.3. The van der Waals surface area contributed by atoms with E-state index in [9.17, 15) is 4.79 Å². The van der Waals surface area contributed by atoms with Crippen LogP contribution in [0.2, 0.25) is 0 Å². The molecule has 2 aromatic heterocycles. The van der Waals surface area contributed by atoms with Crippen LogP contribution in [0.4, 0.5) is 5.82 Å². The molecule has 1 aromatic carbocycles. The number of carbonyl (C=O) groups is 1. The van der Waals surface area contributed by atoms with Gasteiger partial charge < -0.3 is 14.8 Å². The van der Waals surface area contributed by atoms with Crippen molar-refractivity contribution in [2.24, 2.45) is 0 Å². The van der Waals surface area contributed by atoms with Crippen LogP contribution in [-0.2, 0) is 11.3 Å². The van der Waals surface area contributed by atoms with Gasteiger partial charge in [0.15, 0.2) is 0 Å². The number of likely N-dealkylation sites (tertiary alicyclic amines) is 1. The molecule has 1 aliphatic rings. The molecule has 0 aliphatic carbocycles. The van der Waals surface area contributed by atoms with E-state index < -0.39 is 0 Å². The van der Waals surface area contributed by atoms with Crippen LogP contribution in [-0.4, -0.2) is 44.7 Å². The minimum atomic E-state index is 0.237. The Kier molecular flexibility index (Phi) is 4.82. The van der Waals surface area contributed by atoms with Gasteiger partial charge in [0.25, 0.3) is 0 Å². The number of amides is 1. The summed E-state index contributed by atoms with van der Waals surface area (Å²) in [7, 11) is 0. The zero-order valence-electron chi connectivity index (χ0n) is 14.7. The second kappa shape index (κ2) is 7.56. The number of rotatable bonds is 5. The average molecular weight is 349 g/mol. The third-order valence-corrected chi connectivity index (χ3v) is 5.02. The molecule has 26 heavy (non-hydrogen) atoms. The molecule has 0 spiro atoms. The first-order valence-corrected chi connectivity index (χ1v) is 9.15. The molecule has 0 bridgehead atoms. The topological polar surface area (TPSA) is 63.1 Å². The predicted octanol–water partition coefficient (Wildman–Crippen LogP) is 2.92. The number of piperidine rings is 1. The van der Waals surface area contributed by atoms with E-state index in [1.54, 1.807) is 6.20 Å². The number of aryl methyl sites for hydroxylation is 1. The lowest BCUT2D eigenvalue weighted by Crippen LogP contribution is -2.42. The number of hydrogen-bond donors (Lipinski definition) is 1. The highest BCUT2D eigenvalue weighted by Gasteiger charge is 2.22. The van der Waals surface area contributed by atoms with Crippen molar-refractivity contribution in [3.05, 3.63) is 54.9 Å². The van der Waals surface area contributed by atoms with Gasteiger partial charge in [-0.15, -0.1) is 5.10 Å². The maximum Gasteiger partial charge on any atom is 0.224 e. The van der Waals surface area contributed by atoms with Gasteiger partial charge in [-0.25, -0.2) is 0 Å². The molecule has 6 nitrogen and oxygen atoms in total. The third-order valence-electron chi connectivity index (χ3n) is 5.02. The van der Waals surface area contributed by atoms with Gasteiger partial charge in [0.05, 0.1) is 0 Å². The van der Waals surface area contributed by atoms with E-state index in [0.29, 0.717) is 12.5 Å². The van der Waals surface area contributed by atoms with E-state index in [0.717, 1.165) is 38.3 Å². The Hall–Kier alpha value is -2.89. The fourth-order valence-corrected chi connectivity index (χ4v) is 3.57. The lowest BCUT2D eigenvalue weighted by Gasteiger charge is -2.32. The molecule has 1 N–H and O–H groups in total. The molecule has 4 rings (SSSR count). The minimum absolute atomic E-state index is 0.237. The Balaban J connectivity index is 1.27. The second-order valence-corrected chi connectivity index (χ2v) is 6.73. The molecule has 0 saturated carbocycles. The van der Waals surface area contributed by atoms with Crippen LogP contribution < -0.4 is 5.32 Å². The van der Waals surface area contributed by atoms with Crippen molar-refractivity contribution in [3.8, 4) is 0 Å². The summed E-state index contributed by atoms with van der Waals surface area (Å²) in [6.45, 7) is 2.32. The van der Waals surface area contributed by atoms with Gasteiger partial charge in [-0.05, 0) is 42.5 Å². The minimum Gasteiger partial charge on any atom is -0.366 e. The Morgan fingerprint density at radius 3 is 2.77 bits per heavy atom. The van der Waals surface area contributed by atoms with Gasteiger partial charge in [0.1, 0.15) is 5.82 Å². The third kappa shape index (κ3) is 3.69. The standard InChI is InChI=1S/C20H23N5O/c26-20(10-15-24-12-7-16-4-1-2-5-18(16)24)25-13-8-17(9-14-25)22-19-6-3-11-21-23-19/h1-7,11-12,17H,8-10,13-15H2,(H,22,23). The van der Waals surface area contributed by atoms with Crippen LogP contribution >= 0.6 is 0 Å². The van der Waals surface area contributed by atoms with Gasteiger partial charge in [-0.1, -0.05) is 18.2 Å². The van der Waals surface area contributed by atoms with Crippen LogP contribution in [0.5, 0.6) is 0 Å². The summed E-state index contributed by atoms with van der Waals surface area (Å²) in [6, 6.07) is 14.5. The summed E-state index contributed by atoms with van der Waals surface area (Å²) in [5.41, 5.74) is 1.19.